The van der Waals surface area contributed by atoms with E-state index in [1.807, 2.05) is 0 Å². The maximum atomic E-state index is 12.9. The normalized spacial score (nSPS) is 12.0. The van der Waals surface area contributed by atoms with E-state index in [-0.39, 0.29) is 11.8 Å². The minimum atomic E-state index is 0.117. The molecule has 0 fully saturated rings. The molecule has 0 saturated heterocycles. The lowest BCUT2D eigenvalue weighted by molar-refractivity contribution is -0.917. The van der Waals surface area contributed by atoms with Gasteiger partial charge in [0.1, 0.15) is 0 Å². The van der Waals surface area contributed by atoms with Crippen LogP contribution in [0.3, 0.4) is 0 Å². The summed E-state index contributed by atoms with van der Waals surface area (Å²) in [6.45, 7) is 21.7. The Morgan fingerprint density at radius 3 is 0.812 bits per heavy atom. The number of unbranched alkanes of at least 4 members (excludes halogenated alkanes) is 22. The van der Waals surface area contributed by atoms with E-state index in [2.05, 4.69) is 52.2 Å². The van der Waals surface area contributed by atoms with Crippen LogP contribution < -0.4 is 10.6 Å². The molecule has 0 aromatic heterocycles. The maximum absolute atomic E-state index is 12.9. The van der Waals surface area contributed by atoms with Crippen LogP contribution in [-0.2, 0) is 9.59 Å². The van der Waals surface area contributed by atoms with Crippen molar-refractivity contribution in [1.29, 1.82) is 0 Å². The van der Waals surface area contributed by atoms with Gasteiger partial charge in [-0.3, -0.25) is 9.59 Å². The molecule has 286 valence electrons. The van der Waals surface area contributed by atoms with E-state index in [1.54, 1.807) is 0 Å². The topological polar surface area (TPSA) is 58.2 Å². The van der Waals surface area contributed by atoms with Gasteiger partial charge in [-0.25, -0.2) is 0 Å². The molecular formula is C42H88N4O2+2. The molecule has 0 heterocycles. The summed E-state index contributed by atoms with van der Waals surface area (Å²) in [6.07, 6.45) is 32.6. The lowest BCUT2D eigenvalue weighted by atomic mass is 10.0. The summed E-state index contributed by atoms with van der Waals surface area (Å²) in [5.41, 5.74) is 0. The third-order valence-electron chi connectivity index (χ3n) is 11.4. The first-order valence-electron chi connectivity index (χ1n) is 21.6. The number of carbonyl (C=O) groups excluding carboxylic acids is 2. The quantitative estimate of drug-likeness (QED) is 0.0507. The fraction of sp³-hybridized carbons (Fsp3) is 0.952. The molecule has 0 spiro atoms. The number of amides is 2. The van der Waals surface area contributed by atoms with Crippen molar-refractivity contribution in [2.45, 2.75) is 196 Å². The monoisotopic (exact) mass is 681 g/mol. The second-order valence-corrected chi connectivity index (χ2v) is 15.2. The van der Waals surface area contributed by atoms with Gasteiger partial charge in [0.25, 0.3) is 11.8 Å². The largest absolute Gasteiger partial charge is 0.349 e. The Bertz CT molecular complexity index is 660. The molecule has 2 N–H and O–H groups in total. The summed E-state index contributed by atoms with van der Waals surface area (Å²) in [7, 11) is 0. The van der Waals surface area contributed by atoms with Gasteiger partial charge in [0.2, 0.25) is 0 Å². The van der Waals surface area contributed by atoms with E-state index in [0.29, 0.717) is 26.2 Å². The van der Waals surface area contributed by atoms with Crippen LogP contribution in [0.15, 0.2) is 0 Å². The Morgan fingerprint density at radius 1 is 0.354 bits per heavy atom. The van der Waals surface area contributed by atoms with E-state index in [1.165, 1.54) is 154 Å². The van der Waals surface area contributed by atoms with Crippen LogP contribution in [-0.4, -0.2) is 86.2 Å². The highest BCUT2D eigenvalue weighted by atomic mass is 16.2. The zero-order valence-electron chi connectivity index (χ0n) is 33.8. The summed E-state index contributed by atoms with van der Waals surface area (Å²) >= 11 is 0. The Hall–Kier alpha value is -1.14. The van der Waals surface area contributed by atoms with Gasteiger partial charge in [0.05, 0.1) is 39.3 Å². The Kier molecular flexibility index (Phi) is 32.2. The predicted octanol–water partition coefficient (Wildman–Crippen LogP) is 10.3. The average molecular weight is 681 g/mol. The molecule has 48 heavy (non-hydrogen) atoms. The number of nitrogens with one attached hydrogen (secondary N) is 2. The molecule has 0 unspecified atom stereocenters. The molecule has 6 nitrogen and oxygen atoms in total. The lowest BCUT2D eigenvalue weighted by Crippen LogP contribution is -2.55. The van der Waals surface area contributed by atoms with Crippen molar-refractivity contribution in [3.63, 3.8) is 0 Å². The van der Waals surface area contributed by atoms with Crippen molar-refractivity contribution in [2.24, 2.45) is 0 Å². The first-order valence-corrected chi connectivity index (χ1v) is 21.6. The Balaban J connectivity index is 4.16. The highest BCUT2D eigenvalue weighted by molar-refractivity contribution is 5.78. The number of hydrogen-bond donors (Lipinski definition) is 2. The average Bonchev–Trinajstić information content (AvgIpc) is 3.10. The van der Waals surface area contributed by atoms with Crippen molar-refractivity contribution in [2.75, 3.05) is 65.4 Å². The molecule has 0 aliphatic heterocycles. The first-order chi connectivity index (χ1) is 23.4. The molecule has 0 radical (unpaired) electrons. The van der Waals surface area contributed by atoms with Gasteiger partial charge in [0.15, 0.2) is 13.1 Å². The first kappa shape index (κ1) is 46.9. The summed E-state index contributed by atoms with van der Waals surface area (Å²) in [5.74, 6) is 0.234. The number of hydrogen-bond acceptors (Lipinski definition) is 2. The van der Waals surface area contributed by atoms with Crippen LogP contribution in [0.25, 0.3) is 0 Å². The second kappa shape index (κ2) is 33.0. The van der Waals surface area contributed by atoms with E-state index in [9.17, 15) is 9.59 Å². The van der Waals surface area contributed by atoms with Gasteiger partial charge >= 0.3 is 0 Å². The van der Waals surface area contributed by atoms with Gasteiger partial charge in [-0.05, 0) is 53.4 Å². The van der Waals surface area contributed by atoms with E-state index in [0.717, 1.165) is 48.2 Å². The van der Waals surface area contributed by atoms with Gasteiger partial charge in [-0.1, -0.05) is 142 Å². The van der Waals surface area contributed by atoms with Crippen LogP contribution in [0.4, 0.5) is 0 Å². The molecule has 2 amide bonds. The van der Waals surface area contributed by atoms with Crippen molar-refractivity contribution in [3.8, 4) is 0 Å². The van der Waals surface area contributed by atoms with Gasteiger partial charge in [-0.2, -0.15) is 0 Å². The van der Waals surface area contributed by atoms with Crippen molar-refractivity contribution < 1.29 is 18.6 Å². The number of carbonyl (C=O) groups is 2. The van der Waals surface area contributed by atoms with Crippen molar-refractivity contribution in [3.05, 3.63) is 0 Å². The molecule has 0 aromatic rings. The van der Waals surface area contributed by atoms with Crippen LogP contribution in [0.2, 0.25) is 0 Å². The summed E-state index contributed by atoms with van der Waals surface area (Å²) in [5, 5.41) is 6.20. The van der Waals surface area contributed by atoms with Crippen LogP contribution >= 0.6 is 0 Å². The standard InChI is InChI=1S/C42H86N4O2/c1-7-13-15-17-19-21-23-25-27-29-31-33-37-45(9-3,10-4)39-41(47)43-35-36-44-42(48)40-46(11-5,12-6)38-34-32-30-28-26-24-22-20-18-16-14-8-2/h7-40H2,1-6H3/p+2. The SMILES string of the molecule is CCCCCCCCCCCCCC[N+](CC)(CC)CC(=O)NCCNC(=O)C[N+](CC)(CC)CCCCCCCCCCCCCC. The molecule has 0 rings (SSSR count). The molecular weight excluding hydrogens is 592 g/mol. The highest BCUT2D eigenvalue weighted by Crippen LogP contribution is 2.16. The minimum absolute atomic E-state index is 0.117. The van der Waals surface area contributed by atoms with Gasteiger partial charge < -0.3 is 19.6 Å². The van der Waals surface area contributed by atoms with E-state index >= 15 is 0 Å². The van der Waals surface area contributed by atoms with Gasteiger partial charge in [0, 0.05) is 13.1 Å². The van der Waals surface area contributed by atoms with Crippen LogP contribution in [0.5, 0.6) is 0 Å². The zero-order valence-corrected chi connectivity index (χ0v) is 33.8. The minimum Gasteiger partial charge on any atom is -0.349 e. The third-order valence-corrected chi connectivity index (χ3v) is 11.4. The fourth-order valence-corrected chi connectivity index (χ4v) is 7.39. The predicted molar refractivity (Wildman–Crippen MR) is 210 cm³/mol. The summed E-state index contributed by atoms with van der Waals surface area (Å²) < 4.78 is 1.73. The van der Waals surface area contributed by atoms with Crippen molar-refractivity contribution in [1.82, 2.24) is 10.6 Å². The van der Waals surface area contributed by atoms with Crippen molar-refractivity contribution >= 4 is 11.8 Å². The molecule has 6 heteroatoms. The van der Waals surface area contributed by atoms with E-state index < -0.39 is 0 Å². The Morgan fingerprint density at radius 2 is 0.583 bits per heavy atom. The second-order valence-electron chi connectivity index (χ2n) is 15.2. The van der Waals surface area contributed by atoms with Crippen LogP contribution in [0.1, 0.15) is 196 Å². The molecule has 0 bridgehead atoms. The third kappa shape index (κ3) is 25.8. The highest BCUT2D eigenvalue weighted by Gasteiger charge is 2.27. The number of rotatable bonds is 37. The van der Waals surface area contributed by atoms with Crippen LogP contribution in [0, 0.1) is 0 Å². The molecule has 0 aromatic carbocycles. The summed E-state index contributed by atoms with van der Waals surface area (Å²) in [4.78, 5) is 25.8. The number of quaternary nitrogens is 2. The van der Waals surface area contributed by atoms with Gasteiger partial charge in [-0.15, -0.1) is 0 Å². The molecule has 0 atom stereocenters. The molecule has 0 aliphatic carbocycles. The number of likely N-dealkylation sites (N-methyl/N-ethyl adjacent to an activating group) is 2. The number of nitrogens with zero attached hydrogens (tertiary/aromatic N) is 2. The summed E-state index contributed by atoms with van der Waals surface area (Å²) in [6, 6.07) is 0. The maximum Gasteiger partial charge on any atom is 0.275 e. The molecule has 0 saturated carbocycles. The lowest BCUT2D eigenvalue weighted by Gasteiger charge is -2.36. The Labute approximate surface area is 301 Å². The zero-order chi connectivity index (χ0) is 35.6. The fourth-order valence-electron chi connectivity index (χ4n) is 7.39. The molecule has 0 aliphatic rings. The smallest absolute Gasteiger partial charge is 0.275 e. The van der Waals surface area contributed by atoms with E-state index in [4.69, 9.17) is 0 Å².